The van der Waals surface area contributed by atoms with Crippen LogP contribution in [0.1, 0.15) is 18.4 Å². The van der Waals surface area contributed by atoms with Crippen LogP contribution in [0.25, 0.3) is 0 Å². The normalized spacial score (nSPS) is 12.4. The molecule has 0 saturated heterocycles. The largest absolute Gasteiger partial charge is 0.491 e. The first kappa shape index (κ1) is 14.0. The molecule has 0 bridgehead atoms. The summed E-state index contributed by atoms with van der Waals surface area (Å²) in [6.45, 7) is 0.570. The van der Waals surface area contributed by atoms with Gasteiger partial charge in [0.05, 0.1) is 6.61 Å². The molecule has 96 valence electrons. The molecular formula is C13H21NO3. The Morgan fingerprint density at radius 1 is 1.18 bits per heavy atom. The number of rotatable bonds is 8. The molecule has 4 heteroatoms. The average molecular weight is 239 g/mol. The van der Waals surface area contributed by atoms with E-state index >= 15 is 0 Å². The fourth-order valence-electron chi connectivity index (χ4n) is 1.47. The summed E-state index contributed by atoms with van der Waals surface area (Å²) in [5, 5.41) is 17.8. The first-order chi connectivity index (χ1) is 8.26. The third kappa shape index (κ3) is 5.68. The summed E-state index contributed by atoms with van der Waals surface area (Å²) in [5.41, 5.74) is 6.69. The molecule has 0 radical (unpaired) electrons. The van der Waals surface area contributed by atoms with Gasteiger partial charge in [-0.1, -0.05) is 12.1 Å². The van der Waals surface area contributed by atoms with E-state index in [0.29, 0.717) is 5.75 Å². The Bertz CT molecular complexity index is 300. The van der Waals surface area contributed by atoms with E-state index in [1.807, 2.05) is 24.3 Å². The van der Waals surface area contributed by atoms with Crippen molar-refractivity contribution in [1.82, 2.24) is 0 Å². The highest BCUT2D eigenvalue weighted by molar-refractivity contribution is 5.27. The number of aliphatic hydroxyl groups is 2. The van der Waals surface area contributed by atoms with E-state index in [0.717, 1.165) is 25.8 Å². The molecular weight excluding hydrogens is 218 g/mol. The van der Waals surface area contributed by atoms with Crippen LogP contribution in [0.4, 0.5) is 0 Å². The van der Waals surface area contributed by atoms with Gasteiger partial charge in [0, 0.05) is 0 Å². The van der Waals surface area contributed by atoms with Crippen molar-refractivity contribution in [3.8, 4) is 5.75 Å². The van der Waals surface area contributed by atoms with E-state index < -0.39 is 6.10 Å². The molecule has 0 spiro atoms. The molecule has 0 aromatic heterocycles. The fraction of sp³-hybridized carbons (Fsp3) is 0.538. The molecule has 0 aliphatic heterocycles. The van der Waals surface area contributed by atoms with E-state index in [-0.39, 0.29) is 13.2 Å². The molecule has 1 atom stereocenters. The minimum Gasteiger partial charge on any atom is -0.491 e. The van der Waals surface area contributed by atoms with Crippen molar-refractivity contribution in [2.75, 3.05) is 19.8 Å². The summed E-state index contributed by atoms with van der Waals surface area (Å²) < 4.78 is 5.31. The molecule has 1 aromatic rings. The molecule has 0 amide bonds. The lowest BCUT2D eigenvalue weighted by molar-refractivity contribution is 0.0536. The van der Waals surface area contributed by atoms with Gasteiger partial charge in [-0.2, -0.15) is 0 Å². The van der Waals surface area contributed by atoms with Gasteiger partial charge in [0.1, 0.15) is 18.5 Å². The molecule has 0 heterocycles. The van der Waals surface area contributed by atoms with E-state index in [9.17, 15) is 0 Å². The van der Waals surface area contributed by atoms with Gasteiger partial charge in [0.15, 0.2) is 0 Å². The lowest BCUT2D eigenvalue weighted by atomic mass is 10.1. The van der Waals surface area contributed by atoms with Gasteiger partial charge in [-0.3, -0.25) is 0 Å². The number of unbranched alkanes of at least 4 members (excludes halogenated alkanes) is 1. The Hall–Kier alpha value is -1.10. The molecule has 4 nitrogen and oxygen atoms in total. The second kappa shape index (κ2) is 8.06. The van der Waals surface area contributed by atoms with Crippen molar-refractivity contribution >= 4 is 0 Å². The molecule has 0 aliphatic rings. The van der Waals surface area contributed by atoms with Crippen LogP contribution < -0.4 is 10.5 Å². The number of hydrogen-bond acceptors (Lipinski definition) is 4. The quantitative estimate of drug-likeness (QED) is 0.584. The van der Waals surface area contributed by atoms with Crippen LogP contribution in [0.2, 0.25) is 0 Å². The zero-order valence-corrected chi connectivity index (χ0v) is 10.0. The van der Waals surface area contributed by atoms with E-state index in [2.05, 4.69) is 0 Å². The maximum absolute atomic E-state index is 9.13. The molecule has 0 fully saturated rings. The molecule has 0 unspecified atom stereocenters. The van der Waals surface area contributed by atoms with Crippen LogP contribution in [0.5, 0.6) is 5.75 Å². The van der Waals surface area contributed by atoms with Crippen molar-refractivity contribution in [2.45, 2.75) is 25.4 Å². The van der Waals surface area contributed by atoms with Crippen LogP contribution >= 0.6 is 0 Å². The lowest BCUT2D eigenvalue weighted by Gasteiger charge is -2.10. The van der Waals surface area contributed by atoms with E-state index in [4.69, 9.17) is 20.7 Å². The maximum Gasteiger partial charge on any atom is 0.119 e. The topological polar surface area (TPSA) is 75.7 Å². The highest BCUT2D eigenvalue weighted by Gasteiger charge is 2.02. The smallest absolute Gasteiger partial charge is 0.119 e. The van der Waals surface area contributed by atoms with Gasteiger partial charge >= 0.3 is 0 Å². The Morgan fingerprint density at radius 2 is 1.88 bits per heavy atom. The third-order valence-electron chi connectivity index (χ3n) is 2.50. The predicted molar refractivity (Wildman–Crippen MR) is 67.0 cm³/mol. The Balaban J connectivity index is 2.34. The number of aliphatic hydroxyl groups excluding tert-OH is 2. The monoisotopic (exact) mass is 239 g/mol. The first-order valence-electron chi connectivity index (χ1n) is 5.97. The Labute approximate surface area is 102 Å². The molecule has 1 rings (SSSR count). The summed E-state index contributed by atoms with van der Waals surface area (Å²) in [6.07, 6.45) is 2.34. The van der Waals surface area contributed by atoms with E-state index in [1.54, 1.807) is 0 Å². The van der Waals surface area contributed by atoms with Gasteiger partial charge in [-0.25, -0.2) is 0 Å². The van der Waals surface area contributed by atoms with Gasteiger partial charge < -0.3 is 20.7 Å². The number of benzene rings is 1. The van der Waals surface area contributed by atoms with Gasteiger partial charge in [0.2, 0.25) is 0 Å². The Kier molecular flexibility index (Phi) is 6.62. The van der Waals surface area contributed by atoms with Crippen LogP contribution in [-0.4, -0.2) is 36.1 Å². The summed E-state index contributed by atoms with van der Waals surface area (Å²) in [6, 6.07) is 7.78. The predicted octanol–water partition coefficient (Wildman–Crippen LogP) is 0.700. The molecule has 0 aliphatic carbocycles. The maximum atomic E-state index is 9.13. The number of ether oxygens (including phenoxy) is 1. The number of nitrogens with two attached hydrogens (primary N) is 1. The summed E-state index contributed by atoms with van der Waals surface area (Å²) in [5.74, 6) is 0.708. The second-order valence-electron chi connectivity index (χ2n) is 4.04. The van der Waals surface area contributed by atoms with Crippen LogP contribution in [-0.2, 0) is 6.42 Å². The highest BCUT2D eigenvalue weighted by atomic mass is 16.5. The van der Waals surface area contributed by atoms with Crippen molar-refractivity contribution in [1.29, 1.82) is 0 Å². The third-order valence-corrected chi connectivity index (χ3v) is 2.50. The van der Waals surface area contributed by atoms with E-state index in [1.165, 1.54) is 5.56 Å². The van der Waals surface area contributed by atoms with Crippen molar-refractivity contribution in [2.24, 2.45) is 5.73 Å². The summed E-state index contributed by atoms with van der Waals surface area (Å²) in [7, 11) is 0. The molecule has 0 saturated carbocycles. The molecule has 1 aromatic carbocycles. The van der Waals surface area contributed by atoms with Crippen LogP contribution in [0.3, 0.4) is 0 Å². The van der Waals surface area contributed by atoms with Crippen molar-refractivity contribution in [3.05, 3.63) is 29.8 Å². The zero-order chi connectivity index (χ0) is 12.5. The van der Waals surface area contributed by atoms with Crippen molar-refractivity contribution in [3.63, 3.8) is 0 Å². The van der Waals surface area contributed by atoms with Crippen LogP contribution in [0, 0.1) is 0 Å². The van der Waals surface area contributed by atoms with Gasteiger partial charge in [0.25, 0.3) is 0 Å². The molecule has 17 heavy (non-hydrogen) atoms. The highest BCUT2D eigenvalue weighted by Crippen LogP contribution is 2.14. The summed E-state index contributed by atoms with van der Waals surface area (Å²) >= 11 is 0. The molecule has 4 N–H and O–H groups in total. The number of hydrogen-bond donors (Lipinski definition) is 3. The minimum absolute atomic E-state index is 0.114. The fourth-order valence-corrected chi connectivity index (χ4v) is 1.47. The lowest BCUT2D eigenvalue weighted by Crippen LogP contribution is -2.21. The second-order valence-corrected chi connectivity index (χ2v) is 4.04. The first-order valence-corrected chi connectivity index (χ1v) is 5.97. The van der Waals surface area contributed by atoms with Crippen molar-refractivity contribution < 1.29 is 14.9 Å². The number of aryl methyl sites for hydroxylation is 1. The summed E-state index contributed by atoms with van der Waals surface area (Å²) in [4.78, 5) is 0. The Morgan fingerprint density at radius 3 is 2.47 bits per heavy atom. The van der Waals surface area contributed by atoms with Gasteiger partial charge in [-0.05, 0) is 43.5 Å². The standard InChI is InChI=1S/C13H21NO3/c14-8-2-1-3-11-4-6-13(7-5-11)17-10-12(16)9-15/h4-7,12,15-16H,1-3,8-10,14H2/t12-/m1/s1. The zero-order valence-electron chi connectivity index (χ0n) is 10.0. The average Bonchev–Trinajstić information content (AvgIpc) is 2.37. The SMILES string of the molecule is NCCCCc1ccc(OC[C@H](O)CO)cc1. The minimum atomic E-state index is -0.820. The van der Waals surface area contributed by atoms with Gasteiger partial charge in [-0.15, -0.1) is 0 Å². The van der Waals surface area contributed by atoms with Crippen LogP contribution in [0.15, 0.2) is 24.3 Å².